The predicted molar refractivity (Wildman–Crippen MR) is 124 cm³/mol. The summed E-state index contributed by atoms with van der Waals surface area (Å²) in [5.74, 6) is 0.722. The molecule has 1 N–H and O–H groups in total. The number of anilines is 1. The summed E-state index contributed by atoms with van der Waals surface area (Å²) in [7, 11) is -0.725. The van der Waals surface area contributed by atoms with Crippen LogP contribution in [0, 0.1) is 0 Å². The van der Waals surface area contributed by atoms with Crippen LogP contribution < -0.4 is 19.1 Å². The highest BCUT2D eigenvalue weighted by Crippen LogP contribution is 2.32. The number of methoxy groups -OCH3 is 2. The van der Waals surface area contributed by atoms with Gasteiger partial charge in [-0.2, -0.15) is 0 Å². The van der Waals surface area contributed by atoms with Crippen molar-refractivity contribution >= 4 is 44.8 Å². The maximum Gasteiger partial charge on any atom is 0.244 e. The molecule has 2 aromatic rings. The lowest BCUT2D eigenvalue weighted by atomic mass is 10.1. The quantitative estimate of drug-likeness (QED) is 0.563. The minimum Gasteiger partial charge on any atom is -0.497 e. The third kappa shape index (κ3) is 5.96. The summed E-state index contributed by atoms with van der Waals surface area (Å²) in [5, 5.41) is 3.36. The van der Waals surface area contributed by atoms with E-state index in [1.807, 2.05) is 0 Å². The summed E-state index contributed by atoms with van der Waals surface area (Å²) < 4.78 is 36.9. The van der Waals surface area contributed by atoms with Crippen LogP contribution >= 0.6 is 23.2 Å². The van der Waals surface area contributed by atoms with E-state index < -0.39 is 28.0 Å². The van der Waals surface area contributed by atoms with E-state index in [1.165, 1.54) is 25.3 Å². The van der Waals surface area contributed by atoms with E-state index >= 15 is 0 Å². The van der Waals surface area contributed by atoms with Gasteiger partial charge in [-0.3, -0.25) is 9.10 Å². The molecular weight excluding hydrogens is 463 g/mol. The molecule has 2 rings (SSSR count). The number of halogens is 2. The van der Waals surface area contributed by atoms with E-state index in [1.54, 1.807) is 39.2 Å². The Labute approximate surface area is 193 Å². The highest BCUT2D eigenvalue weighted by atomic mass is 35.5. The molecule has 31 heavy (non-hydrogen) atoms. The molecule has 0 aromatic heterocycles. The largest absolute Gasteiger partial charge is 0.497 e. The number of hydrogen-bond donors (Lipinski definition) is 1. The number of benzene rings is 2. The number of carbonyl (C=O) groups excluding carboxylic acids is 1. The molecule has 0 aliphatic rings. The van der Waals surface area contributed by atoms with Crippen molar-refractivity contribution in [3.05, 3.63) is 52.0 Å². The van der Waals surface area contributed by atoms with Crippen LogP contribution in [0.4, 0.5) is 5.69 Å². The molecule has 0 saturated carbocycles. The van der Waals surface area contributed by atoms with E-state index in [4.69, 9.17) is 32.7 Å². The van der Waals surface area contributed by atoms with Crippen molar-refractivity contribution in [2.24, 2.45) is 0 Å². The second-order valence-corrected chi connectivity index (χ2v) is 9.59. The second-order valence-electron chi connectivity index (χ2n) is 6.92. The molecule has 0 unspecified atom stereocenters. The van der Waals surface area contributed by atoms with Gasteiger partial charge in [-0.15, -0.1) is 0 Å². The zero-order chi connectivity index (χ0) is 23.3. The smallest absolute Gasteiger partial charge is 0.244 e. The first-order chi connectivity index (χ1) is 14.5. The van der Waals surface area contributed by atoms with Crippen LogP contribution in [0.5, 0.6) is 11.5 Å². The number of amides is 1. The SMILES string of the molecule is CC[C@H](C(=O)N[C@@H](C)c1cc(OC)ccc1OC)N(c1ccc(Cl)c(Cl)c1)S(C)(=O)=O. The number of nitrogens with zero attached hydrogens (tertiary/aromatic N) is 1. The molecule has 2 atom stereocenters. The number of nitrogens with one attached hydrogen (secondary N) is 1. The molecule has 0 fully saturated rings. The van der Waals surface area contributed by atoms with Gasteiger partial charge < -0.3 is 14.8 Å². The first kappa shape index (κ1) is 25.1. The van der Waals surface area contributed by atoms with Gasteiger partial charge in [-0.1, -0.05) is 30.1 Å². The Morgan fingerprint density at radius 2 is 1.77 bits per heavy atom. The van der Waals surface area contributed by atoms with E-state index in [0.29, 0.717) is 17.1 Å². The Bertz CT molecular complexity index is 1050. The first-order valence-corrected chi connectivity index (χ1v) is 12.1. The van der Waals surface area contributed by atoms with E-state index in [9.17, 15) is 13.2 Å². The fraction of sp³-hybridized carbons (Fsp3) is 0.381. The van der Waals surface area contributed by atoms with Crippen LogP contribution in [0.1, 0.15) is 31.9 Å². The zero-order valence-corrected chi connectivity index (χ0v) is 20.3. The highest BCUT2D eigenvalue weighted by Gasteiger charge is 2.32. The lowest BCUT2D eigenvalue weighted by Gasteiger charge is -2.31. The minimum absolute atomic E-state index is 0.192. The molecule has 2 aromatic carbocycles. The van der Waals surface area contributed by atoms with Crippen LogP contribution in [-0.2, 0) is 14.8 Å². The summed E-state index contributed by atoms with van der Waals surface area (Å²) in [5.41, 5.74) is 0.955. The van der Waals surface area contributed by atoms with Crippen LogP contribution in [0.2, 0.25) is 10.0 Å². The van der Waals surface area contributed by atoms with E-state index in [0.717, 1.165) is 10.6 Å². The number of rotatable bonds is 9. The van der Waals surface area contributed by atoms with Crippen LogP contribution in [0.25, 0.3) is 0 Å². The monoisotopic (exact) mass is 488 g/mol. The molecule has 10 heteroatoms. The molecule has 1 amide bonds. The molecule has 0 heterocycles. The van der Waals surface area contributed by atoms with Gasteiger partial charge in [0.25, 0.3) is 0 Å². The third-order valence-electron chi connectivity index (χ3n) is 4.75. The Balaban J connectivity index is 2.39. The molecule has 0 aliphatic heterocycles. The fourth-order valence-corrected chi connectivity index (χ4v) is 4.74. The van der Waals surface area contributed by atoms with Gasteiger partial charge in [0.2, 0.25) is 15.9 Å². The standard InChI is InChI=1S/C21H26Cl2N2O5S/c1-6-19(25(31(5,27)28)14-7-9-17(22)18(23)11-14)21(26)24-13(2)16-12-15(29-3)8-10-20(16)30-4/h7-13,19H,6H2,1-5H3,(H,24,26)/t13-,19+/m0/s1. The predicted octanol–water partition coefficient (Wildman–Crippen LogP) is 4.43. The van der Waals surface area contributed by atoms with Gasteiger partial charge in [0.15, 0.2) is 0 Å². The number of sulfonamides is 1. The van der Waals surface area contributed by atoms with Crippen molar-refractivity contribution in [3.8, 4) is 11.5 Å². The van der Waals surface area contributed by atoms with E-state index in [2.05, 4.69) is 5.32 Å². The maximum atomic E-state index is 13.2. The van der Waals surface area contributed by atoms with Crippen molar-refractivity contribution < 1.29 is 22.7 Å². The van der Waals surface area contributed by atoms with Crippen LogP contribution in [-0.4, -0.2) is 40.8 Å². The number of ether oxygens (including phenoxy) is 2. The molecular formula is C21H26Cl2N2O5S. The lowest BCUT2D eigenvalue weighted by Crippen LogP contribution is -2.49. The van der Waals surface area contributed by atoms with Crippen molar-refractivity contribution in [1.29, 1.82) is 0 Å². The molecule has 0 saturated heterocycles. The fourth-order valence-electron chi connectivity index (χ4n) is 3.25. The minimum atomic E-state index is -3.80. The summed E-state index contributed by atoms with van der Waals surface area (Å²) in [6.07, 6.45) is 1.28. The zero-order valence-electron chi connectivity index (χ0n) is 18.0. The van der Waals surface area contributed by atoms with E-state index in [-0.39, 0.29) is 22.2 Å². The third-order valence-corrected chi connectivity index (χ3v) is 6.67. The summed E-state index contributed by atoms with van der Waals surface area (Å²) >= 11 is 12.0. The Morgan fingerprint density at radius 3 is 2.29 bits per heavy atom. The van der Waals surface area contributed by atoms with Gasteiger partial charge in [-0.05, 0) is 49.7 Å². The topological polar surface area (TPSA) is 84.9 Å². The van der Waals surface area contributed by atoms with Crippen LogP contribution in [0.3, 0.4) is 0 Å². The van der Waals surface area contributed by atoms with Gasteiger partial charge in [-0.25, -0.2) is 8.42 Å². The average molecular weight is 489 g/mol. The van der Waals surface area contributed by atoms with Gasteiger partial charge in [0.05, 0.1) is 42.2 Å². The second kappa shape index (κ2) is 10.4. The van der Waals surface area contributed by atoms with Gasteiger partial charge in [0.1, 0.15) is 17.5 Å². The Morgan fingerprint density at radius 1 is 1.10 bits per heavy atom. The summed E-state index contributed by atoms with van der Waals surface area (Å²) in [6.45, 7) is 3.52. The molecule has 0 spiro atoms. The highest BCUT2D eigenvalue weighted by molar-refractivity contribution is 7.92. The van der Waals surface area contributed by atoms with Gasteiger partial charge >= 0.3 is 0 Å². The van der Waals surface area contributed by atoms with Crippen LogP contribution in [0.15, 0.2) is 36.4 Å². The molecule has 0 aliphatic carbocycles. The molecule has 0 bridgehead atoms. The van der Waals surface area contributed by atoms with Crippen molar-refractivity contribution in [3.63, 3.8) is 0 Å². The number of hydrogen-bond acceptors (Lipinski definition) is 5. The summed E-state index contributed by atoms with van der Waals surface area (Å²) in [6, 6.07) is 8.22. The van der Waals surface area contributed by atoms with Crippen molar-refractivity contribution in [2.45, 2.75) is 32.4 Å². The normalized spacial score (nSPS) is 13.3. The maximum absolute atomic E-state index is 13.2. The number of carbonyl (C=O) groups is 1. The summed E-state index contributed by atoms with van der Waals surface area (Å²) in [4.78, 5) is 13.2. The van der Waals surface area contributed by atoms with Crippen molar-refractivity contribution in [2.75, 3.05) is 24.8 Å². The average Bonchev–Trinajstić information content (AvgIpc) is 2.72. The Kier molecular flexibility index (Phi) is 8.45. The molecule has 0 radical (unpaired) electrons. The Hall–Kier alpha value is -2.16. The van der Waals surface area contributed by atoms with Gasteiger partial charge in [0, 0.05) is 5.56 Å². The molecule has 170 valence electrons. The van der Waals surface area contributed by atoms with Crippen molar-refractivity contribution in [1.82, 2.24) is 5.32 Å². The first-order valence-electron chi connectivity index (χ1n) is 9.50. The molecule has 7 nitrogen and oxygen atoms in total. The lowest BCUT2D eigenvalue weighted by molar-refractivity contribution is -0.122.